The zero-order valence-electron chi connectivity index (χ0n) is 11.5. The zero-order valence-corrected chi connectivity index (χ0v) is 13.1. The van der Waals surface area contributed by atoms with E-state index in [-0.39, 0.29) is 11.9 Å². The largest absolute Gasteiger partial charge is 0.444 e. The summed E-state index contributed by atoms with van der Waals surface area (Å²) in [4.78, 5) is 16.4. The molecule has 6 heteroatoms. The van der Waals surface area contributed by atoms with E-state index in [9.17, 15) is 4.79 Å². The summed E-state index contributed by atoms with van der Waals surface area (Å²) in [6, 6.07) is 3.21. The molecule has 0 bridgehead atoms. The maximum absolute atomic E-state index is 12.3. The molecule has 1 heterocycles. The highest BCUT2D eigenvalue weighted by Gasteiger charge is 2.18. The Balaban J connectivity index is 2.20. The molecule has 1 aromatic heterocycles. The number of oxazole rings is 1. The molecule has 2 rings (SSSR count). The smallest absolute Gasteiger partial charge is 0.252 e. The molecule has 0 saturated carbocycles. The van der Waals surface area contributed by atoms with Gasteiger partial charge in [-0.1, -0.05) is 15.9 Å². The van der Waals surface area contributed by atoms with Crippen LogP contribution in [-0.2, 0) is 0 Å². The number of carbonyl (C=O) groups excluding carboxylic acids is 1. The van der Waals surface area contributed by atoms with Gasteiger partial charge in [-0.05, 0) is 38.5 Å². The van der Waals surface area contributed by atoms with Crippen molar-refractivity contribution in [1.82, 2.24) is 10.3 Å². The van der Waals surface area contributed by atoms with Crippen molar-refractivity contribution in [2.75, 3.05) is 5.73 Å². The topological polar surface area (TPSA) is 81.2 Å². The highest BCUT2D eigenvalue weighted by Crippen LogP contribution is 2.23. The van der Waals surface area contributed by atoms with Crippen LogP contribution in [-0.4, -0.2) is 10.9 Å². The monoisotopic (exact) mass is 337 g/mol. The van der Waals surface area contributed by atoms with Gasteiger partial charge in [-0.15, -0.1) is 0 Å². The zero-order chi connectivity index (χ0) is 14.9. The number of nitrogens with zero attached hydrogens (tertiary/aromatic N) is 1. The standard InChI is InChI=1S/C14H16BrN3O2/c1-7-6-17-14(20-7)9(3)18-13(19)11-4-10(15)5-12(16)8(11)2/h4-6,9H,16H2,1-3H3,(H,18,19). The van der Waals surface area contributed by atoms with Gasteiger partial charge in [-0.3, -0.25) is 4.79 Å². The van der Waals surface area contributed by atoms with Crippen molar-refractivity contribution in [3.8, 4) is 0 Å². The molecule has 2 aromatic rings. The molecule has 0 radical (unpaired) electrons. The third-order valence-corrected chi connectivity index (χ3v) is 3.47. The first-order valence-corrected chi connectivity index (χ1v) is 6.96. The van der Waals surface area contributed by atoms with Crippen molar-refractivity contribution in [1.29, 1.82) is 0 Å². The number of hydrogen-bond acceptors (Lipinski definition) is 4. The summed E-state index contributed by atoms with van der Waals surface area (Å²) in [5.74, 6) is 0.985. The summed E-state index contributed by atoms with van der Waals surface area (Å²) in [6.45, 7) is 5.45. The van der Waals surface area contributed by atoms with Crippen molar-refractivity contribution in [3.05, 3.63) is 45.6 Å². The van der Waals surface area contributed by atoms with E-state index in [1.165, 1.54) is 0 Å². The molecular weight excluding hydrogens is 322 g/mol. The molecule has 0 aliphatic rings. The molecule has 0 saturated heterocycles. The molecule has 1 amide bonds. The van der Waals surface area contributed by atoms with E-state index in [0.717, 1.165) is 10.0 Å². The van der Waals surface area contributed by atoms with Crippen molar-refractivity contribution in [2.45, 2.75) is 26.8 Å². The van der Waals surface area contributed by atoms with E-state index in [2.05, 4.69) is 26.2 Å². The number of nitrogens with one attached hydrogen (secondary N) is 1. The number of nitrogen functional groups attached to an aromatic ring is 1. The van der Waals surface area contributed by atoms with Crippen LogP contribution in [0.25, 0.3) is 0 Å². The molecule has 0 aliphatic carbocycles. The number of amides is 1. The third kappa shape index (κ3) is 3.01. The van der Waals surface area contributed by atoms with Crippen LogP contribution in [0.1, 0.15) is 40.5 Å². The molecule has 0 fully saturated rings. The lowest BCUT2D eigenvalue weighted by molar-refractivity contribution is 0.0933. The Morgan fingerprint density at radius 3 is 2.75 bits per heavy atom. The summed E-state index contributed by atoms with van der Waals surface area (Å²) in [7, 11) is 0. The molecule has 0 spiro atoms. The quantitative estimate of drug-likeness (QED) is 0.843. The fourth-order valence-corrected chi connectivity index (χ4v) is 2.32. The summed E-state index contributed by atoms with van der Waals surface area (Å²) in [5, 5.41) is 2.85. The first-order valence-electron chi connectivity index (χ1n) is 6.17. The average molecular weight is 338 g/mol. The van der Waals surface area contributed by atoms with Crippen molar-refractivity contribution < 1.29 is 9.21 Å². The predicted molar refractivity (Wildman–Crippen MR) is 80.4 cm³/mol. The lowest BCUT2D eigenvalue weighted by atomic mass is 10.1. The van der Waals surface area contributed by atoms with Crippen LogP contribution in [0.5, 0.6) is 0 Å². The Labute approximate surface area is 125 Å². The van der Waals surface area contributed by atoms with Gasteiger partial charge in [0.1, 0.15) is 11.8 Å². The lowest BCUT2D eigenvalue weighted by Crippen LogP contribution is -2.27. The van der Waals surface area contributed by atoms with E-state index < -0.39 is 0 Å². The number of carbonyl (C=O) groups is 1. The molecule has 1 aromatic carbocycles. The number of halogens is 1. The molecule has 106 valence electrons. The Morgan fingerprint density at radius 2 is 2.15 bits per heavy atom. The van der Waals surface area contributed by atoms with E-state index >= 15 is 0 Å². The van der Waals surface area contributed by atoms with Gasteiger partial charge < -0.3 is 15.5 Å². The van der Waals surface area contributed by atoms with Crippen LogP contribution in [0.3, 0.4) is 0 Å². The summed E-state index contributed by atoms with van der Waals surface area (Å²) >= 11 is 3.34. The minimum Gasteiger partial charge on any atom is -0.444 e. The van der Waals surface area contributed by atoms with Crippen LogP contribution < -0.4 is 11.1 Å². The van der Waals surface area contributed by atoms with Crippen LogP contribution in [0, 0.1) is 13.8 Å². The van der Waals surface area contributed by atoms with Crippen LogP contribution >= 0.6 is 15.9 Å². The highest BCUT2D eigenvalue weighted by atomic mass is 79.9. The number of anilines is 1. The van der Waals surface area contributed by atoms with Gasteiger partial charge in [0.15, 0.2) is 0 Å². The number of hydrogen-bond donors (Lipinski definition) is 2. The molecule has 1 atom stereocenters. The fraction of sp³-hybridized carbons (Fsp3) is 0.286. The Morgan fingerprint density at radius 1 is 1.45 bits per heavy atom. The maximum Gasteiger partial charge on any atom is 0.252 e. The summed E-state index contributed by atoms with van der Waals surface area (Å²) in [6.07, 6.45) is 1.63. The first-order chi connectivity index (χ1) is 9.38. The van der Waals surface area contributed by atoms with Gasteiger partial charge >= 0.3 is 0 Å². The lowest BCUT2D eigenvalue weighted by Gasteiger charge is -2.13. The van der Waals surface area contributed by atoms with Crippen LogP contribution in [0.4, 0.5) is 5.69 Å². The number of aromatic nitrogens is 1. The molecule has 3 N–H and O–H groups in total. The highest BCUT2D eigenvalue weighted by molar-refractivity contribution is 9.10. The number of nitrogens with two attached hydrogens (primary N) is 1. The first kappa shape index (κ1) is 14.6. The summed E-state index contributed by atoms with van der Waals surface area (Å²) in [5.41, 5.74) is 7.72. The number of benzene rings is 1. The fourth-order valence-electron chi connectivity index (χ4n) is 1.84. The normalized spacial score (nSPS) is 12.2. The predicted octanol–water partition coefficient (Wildman–Crippen LogP) is 3.13. The minimum absolute atomic E-state index is 0.209. The van der Waals surface area contributed by atoms with E-state index in [1.807, 2.05) is 20.8 Å². The minimum atomic E-state index is -0.309. The SMILES string of the molecule is Cc1cnc(C(C)NC(=O)c2cc(Br)cc(N)c2C)o1. The Hall–Kier alpha value is -1.82. The van der Waals surface area contributed by atoms with E-state index in [4.69, 9.17) is 10.2 Å². The second-order valence-corrected chi connectivity index (χ2v) is 5.59. The van der Waals surface area contributed by atoms with E-state index in [0.29, 0.717) is 22.9 Å². The van der Waals surface area contributed by atoms with Crippen molar-refractivity contribution in [2.24, 2.45) is 0 Å². The Kier molecular flexibility index (Phi) is 4.13. The molecule has 1 unspecified atom stereocenters. The van der Waals surface area contributed by atoms with Gasteiger partial charge in [0, 0.05) is 15.7 Å². The van der Waals surface area contributed by atoms with Crippen LogP contribution in [0.15, 0.2) is 27.2 Å². The molecule has 20 heavy (non-hydrogen) atoms. The van der Waals surface area contributed by atoms with Crippen LogP contribution in [0.2, 0.25) is 0 Å². The molecule has 0 aliphatic heterocycles. The maximum atomic E-state index is 12.3. The van der Waals surface area contributed by atoms with Gasteiger partial charge in [-0.25, -0.2) is 4.98 Å². The summed E-state index contributed by atoms with van der Waals surface area (Å²) < 4.78 is 6.17. The average Bonchev–Trinajstić information content (AvgIpc) is 2.80. The van der Waals surface area contributed by atoms with Gasteiger partial charge in [-0.2, -0.15) is 0 Å². The molecular formula is C14H16BrN3O2. The number of rotatable bonds is 3. The van der Waals surface area contributed by atoms with Crippen molar-refractivity contribution in [3.63, 3.8) is 0 Å². The van der Waals surface area contributed by atoms with Gasteiger partial charge in [0.25, 0.3) is 5.91 Å². The second kappa shape index (κ2) is 5.66. The third-order valence-electron chi connectivity index (χ3n) is 3.01. The molecule has 5 nitrogen and oxygen atoms in total. The Bertz CT molecular complexity index is 652. The second-order valence-electron chi connectivity index (χ2n) is 4.67. The van der Waals surface area contributed by atoms with E-state index in [1.54, 1.807) is 18.3 Å². The van der Waals surface area contributed by atoms with Crippen molar-refractivity contribution >= 4 is 27.5 Å². The number of aryl methyl sites for hydroxylation is 1. The van der Waals surface area contributed by atoms with Gasteiger partial charge in [0.05, 0.1) is 6.20 Å². The van der Waals surface area contributed by atoms with Gasteiger partial charge in [0.2, 0.25) is 5.89 Å².